The van der Waals surface area contributed by atoms with Gasteiger partial charge in [-0.3, -0.25) is 0 Å². The van der Waals surface area contributed by atoms with E-state index in [1.807, 2.05) is 43.3 Å². The number of carbonyl (C=O) groups is 1. The molecule has 0 aliphatic carbocycles. The summed E-state index contributed by atoms with van der Waals surface area (Å²) in [6, 6.07) is 11.0. The van der Waals surface area contributed by atoms with Gasteiger partial charge in [0.2, 0.25) is 0 Å². The van der Waals surface area contributed by atoms with Crippen LogP contribution in [0.5, 0.6) is 11.5 Å². The number of benzene rings is 2. The van der Waals surface area contributed by atoms with Crippen molar-refractivity contribution >= 4 is 27.6 Å². The van der Waals surface area contributed by atoms with E-state index in [2.05, 4.69) is 26.6 Å². The van der Waals surface area contributed by atoms with Crippen LogP contribution in [0.1, 0.15) is 11.1 Å². The van der Waals surface area contributed by atoms with E-state index in [-0.39, 0.29) is 6.03 Å². The second kappa shape index (κ2) is 7.87. The maximum atomic E-state index is 12.1. The summed E-state index contributed by atoms with van der Waals surface area (Å²) in [4.78, 5) is 12.1. The van der Waals surface area contributed by atoms with Gasteiger partial charge in [-0.25, -0.2) is 4.79 Å². The van der Waals surface area contributed by atoms with E-state index in [0.717, 1.165) is 15.6 Å². The van der Waals surface area contributed by atoms with E-state index in [4.69, 9.17) is 9.47 Å². The lowest BCUT2D eigenvalue weighted by Gasteiger charge is -2.14. The molecule has 2 N–H and O–H groups in total. The van der Waals surface area contributed by atoms with E-state index >= 15 is 0 Å². The van der Waals surface area contributed by atoms with Crippen molar-refractivity contribution in [2.45, 2.75) is 13.5 Å². The fourth-order valence-electron chi connectivity index (χ4n) is 2.16. The zero-order valence-electron chi connectivity index (χ0n) is 13.3. The zero-order valence-corrected chi connectivity index (χ0v) is 14.9. The smallest absolute Gasteiger partial charge is 0.319 e. The number of halogens is 1. The maximum Gasteiger partial charge on any atom is 0.319 e. The molecule has 0 atom stereocenters. The van der Waals surface area contributed by atoms with Gasteiger partial charge in [-0.2, -0.15) is 0 Å². The van der Waals surface area contributed by atoms with E-state index < -0.39 is 0 Å². The quantitative estimate of drug-likeness (QED) is 0.823. The average molecular weight is 379 g/mol. The summed E-state index contributed by atoms with van der Waals surface area (Å²) in [6.07, 6.45) is 0. The average Bonchev–Trinajstić information content (AvgIpc) is 2.55. The number of ether oxygens (including phenoxy) is 2. The summed E-state index contributed by atoms with van der Waals surface area (Å²) in [6.45, 7) is 2.32. The van der Waals surface area contributed by atoms with Crippen LogP contribution < -0.4 is 20.1 Å². The first-order chi connectivity index (χ1) is 11.0. The van der Waals surface area contributed by atoms with Gasteiger partial charge in [-0.1, -0.05) is 18.2 Å². The second-order valence-corrected chi connectivity index (χ2v) is 5.80. The second-order valence-electron chi connectivity index (χ2n) is 4.94. The van der Waals surface area contributed by atoms with Crippen LogP contribution in [-0.4, -0.2) is 20.3 Å². The van der Waals surface area contributed by atoms with Gasteiger partial charge in [0.15, 0.2) is 11.5 Å². The largest absolute Gasteiger partial charge is 0.493 e. The summed E-state index contributed by atoms with van der Waals surface area (Å²) >= 11 is 3.43. The molecule has 5 nitrogen and oxygen atoms in total. The molecule has 2 aromatic rings. The zero-order chi connectivity index (χ0) is 16.8. The molecule has 2 amide bonds. The van der Waals surface area contributed by atoms with Crippen LogP contribution >= 0.6 is 15.9 Å². The molecule has 0 heterocycles. The molecule has 0 saturated carbocycles. The van der Waals surface area contributed by atoms with Gasteiger partial charge >= 0.3 is 6.03 Å². The third kappa shape index (κ3) is 4.39. The summed E-state index contributed by atoms with van der Waals surface area (Å²) in [5, 5.41) is 5.61. The predicted octanol–water partition coefficient (Wildman–Crippen LogP) is 4.10. The lowest BCUT2D eigenvalue weighted by molar-refractivity contribution is 0.251. The molecule has 23 heavy (non-hydrogen) atoms. The van der Waals surface area contributed by atoms with Gasteiger partial charge in [-0.05, 0) is 46.6 Å². The molecule has 0 aromatic heterocycles. The van der Waals surface area contributed by atoms with Crippen molar-refractivity contribution in [1.82, 2.24) is 5.32 Å². The van der Waals surface area contributed by atoms with Crippen molar-refractivity contribution in [1.29, 1.82) is 0 Å². The molecule has 0 saturated heterocycles. The number of hydrogen-bond donors (Lipinski definition) is 2. The molecule has 0 unspecified atom stereocenters. The molecule has 6 heteroatoms. The Labute approximate surface area is 144 Å². The Balaban J connectivity index is 2.02. The predicted molar refractivity (Wildman–Crippen MR) is 94.3 cm³/mol. The number of methoxy groups -OCH3 is 2. The Morgan fingerprint density at radius 2 is 1.96 bits per heavy atom. The Morgan fingerprint density at radius 3 is 2.61 bits per heavy atom. The number of carbonyl (C=O) groups excluding carboxylic acids is 1. The van der Waals surface area contributed by atoms with E-state index in [9.17, 15) is 4.79 Å². The van der Waals surface area contributed by atoms with Crippen molar-refractivity contribution in [3.63, 3.8) is 0 Å². The van der Waals surface area contributed by atoms with Crippen LogP contribution in [-0.2, 0) is 6.54 Å². The lowest BCUT2D eigenvalue weighted by Crippen LogP contribution is -2.28. The Bertz CT molecular complexity index is 704. The highest BCUT2D eigenvalue weighted by Gasteiger charge is 2.11. The minimum absolute atomic E-state index is 0.292. The highest BCUT2D eigenvalue weighted by Crippen LogP contribution is 2.30. The third-order valence-corrected chi connectivity index (χ3v) is 3.95. The molecular weight excluding hydrogens is 360 g/mol. The van der Waals surface area contributed by atoms with Crippen molar-refractivity contribution in [2.24, 2.45) is 0 Å². The highest BCUT2D eigenvalue weighted by molar-refractivity contribution is 9.10. The van der Waals surface area contributed by atoms with Crippen molar-refractivity contribution in [2.75, 3.05) is 19.5 Å². The van der Waals surface area contributed by atoms with E-state index in [1.54, 1.807) is 14.2 Å². The van der Waals surface area contributed by atoms with Gasteiger partial charge in [-0.15, -0.1) is 0 Å². The SMILES string of the molecule is COc1cccc(CNC(=O)Nc2ccc(C)cc2Br)c1OC. The van der Waals surface area contributed by atoms with Crippen LogP contribution in [0.4, 0.5) is 10.5 Å². The fourth-order valence-corrected chi connectivity index (χ4v) is 2.75. The number of nitrogens with one attached hydrogen (secondary N) is 2. The molecule has 0 radical (unpaired) electrons. The number of anilines is 1. The standard InChI is InChI=1S/C17H19BrN2O3/c1-11-7-8-14(13(18)9-11)20-17(21)19-10-12-5-4-6-15(22-2)16(12)23-3/h4-9H,10H2,1-3H3,(H2,19,20,21). The van der Waals surface area contributed by atoms with Crippen LogP contribution in [0.25, 0.3) is 0 Å². The van der Waals surface area contributed by atoms with Crippen LogP contribution in [0, 0.1) is 6.92 Å². The molecule has 2 rings (SSSR count). The first kappa shape index (κ1) is 17.1. The maximum absolute atomic E-state index is 12.1. The van der Waals surface area contributed by atoms with Gasteiger partial charge in [0.25, 0.3) is 0 Å². The summed E-state index contributed by atoms with van der Waals surface area (Å²) < 4.78 is 11.4. The monoisotopic (exact) mass is 378 g/mol. The minimum atomic E-state index is -0.292. The van der Waals surface area contributed by atoms with Crippen molar-refractivity contribution in [3.05, 3.63) is 52.0 Å². The number of amides is 2. The molecular formula is C17H19BrN2O3. The Hall–Kier alpha value is -2.21. The van der Waals surface area contributed by atoms with Crippen LogP contribution in [0.3, 0.4) is 0 Å². The van der Waals surface area contributed by atoms with Crippen molar-refractivity contribution < 1.29 is 14.3 Å². The topological polar surface area (TPSA) is 59.6 Å². The number of aryl methyl sites for hydroxylation is 1. The number of para-hydroxylation sites is 1. The van der Waals surface area contributed by atoms with Crippen LogP contribution in [0.15, 0.2) is 40.9 Å². The summed E-state index contributed by atoms with van der Waals surface area (Å²) in [5.41, 5.74) is 2.67. The van der Waals surface area contributed by atoms with Gasteiger partial charge in [0.1, 0.15) is 0 Å². The Kier molecular flexibility index (Phi) is 5.87. The van der Waals surface area contributed by atoms with E-state index in [0.29, 0.717) is 23.7 Å². The molecule has 0 aliphatic heterocycles. The molecule has 2 aromatic carbocycles. The van der Waals surface area contributed by atoms with Gasteiger partial charge in [0, 0.05) is 16.6 Å². The summed E-state index contributed by atoms with van der Waals surface area (Å²) in [7, 11) is 3.15. The normalized spacial score (nSPS) is 10.1. The number of rotatable bonds is 5. The van der Waals surface area contributed by atoms with Crippen molar-refractivity contribution in [3.8, 4) is 11.5 Å². The lowest BCUT2D eigenvalue weighted by atomic mass is 10.2. The fraction of sp³-hybridized carbons (Fsp3) is 0.235. The molecule has 0 aliphatic rings. The molecule has 0 bridgehead atoms. The first-order valence-electron chi connectivity index (χ1n) is 7.06. The third-order valence-electron chi connectivity index (χ3n) is 3.30. The Morgan fingerprint density at radius 1 is 1.17 bits per heavy atom. The summed E-state index contributed by atoms with van der Waals surface area (Å²) in [5.74, 6) is 1.25. The van der Waals surface area contributed by atoms with Crippen LogP contribution in [0.2, 0.25) is 0 Å². The number of urea groups is 1. The molecule has 0 fully saturated rings. The molecule has 0 spiro atoms. The molecule has 122 valence electrons. The first-order valence-corrected chi connectivity index (χ1v) is 7.85. The van der Waals surface area contributed by atoms with E-state index in [1.165, 1.54) is 0 Å². The highest BCUT2D eigenvalue weighted by atomic mass is 79.9. The van der Waals surface area contributed by atoms with Gasteiger partial charge in [0.05, 0.1) is 19.9 Å². The minimum Gasteiger partial charge on any atom is -0.493 e. The number of hydrogen-bond acceptors (Lipinski definition) is 3. The van der Waals surface area contributed by atoms with Gasteiger partial charge < -0.3 is 20.1 Å².